The molecule has 0 unspecified atom stereocenters. The molecule has 1 aliphatic rings. The summed E-state index contributed by atoms with van der Waals surface area (Å²) in [5, 5.41) is 8.71. The number of fused-ring (bicyclic) bond motifs is 1. The summed E-state index contributed by atoms with van der Waals surface area (Å²) in [4.78, 5) is 24.4. The predicted octanol–water partition coefficient (Wildman–Crippen LogP) is 3.24. The fraction of sp³-hybridized carbons (Fsp3) is 0.263. The molecule has 0 saturated carbocycles. The number of hydrogen-bond acceptors (Lipinski definition) is 4. The second-order valence-corrected chi connectivity index (χ2v) is 5.86. The van der Waals surface area contributed by atoms with Crippen molar-refractivity contribution in [2.24, 2.45) is 0 Å². The first kappa shape index (κ1) is 16.8. The average Bonchev–Trinajstić information content (AvgIpc) is 2.62. The van der Waals surface area contributed by atoms with E-state index in [4.69, 9.17) is 4.74 Å². The quantitative estimate of drug-likeness (QED) is 0.755. The fourth-order valence-electron chi connectivity index (χ4n) is 2.59. The predicted molar refractivity (Wildman–Crippen MR) is 98.0 cm³/mol. The Balaban J connectivity index is 1.56. The van der Waals surface area contributed by atoms with Gasteiger partial charge in [-0.1, -0.05) is 19.1 Å². The minimum absolute atomic E-state index is 0.0499. The first-order chi connectivity index (χ1) is 12.2. The van der Waals surface area contributed by atoms with E-state index in [2.05, 4.69) is 16.0 Å². The number of ether oxygens (including phenoxy) is 1. The van der Waals surface area contributed by atoms with Crippen LogP contribution in [-0.2, 0) is 9.59 Å². The third kappa shape index (κ3) is 4.29. The summed E-state index contributed by atoms with van der Waals surface area (Å²) in [7, 11) is 0. The van der Waals surface area contributed by atoms with Gasteiger partial charge in [-0.2, -0.15) is 0 Å². The van der Waals surface area contributed by atoms with Gasteiger partial charge in [0.1, 0.15) is 11.8 Å². The molecule has 2 amide bonds. The van der Waals surface area contributed by atoms with Crippen LogP contribution in [0.25, 0.3) is 0 Å². The largest absolute Gasteiger partial charge is 0.494 e. The number of rotatable bonds is 6. The zero-order chi connectivity index (χ0) is 17.6. The van der Waals surface area contributed by atoms with Crippen LogP contribution in [0.3, 0.4) is 0 Å². The van der Waals surface area contributed by atoms with Gasteiger partial charge in [0, 0.05) is 5.69 Å². The summed E-state index contributed by atoms with van der Waals surface area (Å²) >= 11 is 0. The molecule has 0 aromatic heterocycles. The second-order valence-electron chi connectivity index (χ2n) is 5.86. The van der Waals surface area contributed by atoms with Crippen molar-refractivity contribution in [3.8, 4) is 5.75 Å². The Morgan fingerprint density at radius 2 is 1.84 bits per heavy atom. The molecule has 25 heavy (non-hydrogen) atoms. The number of amides is 2. The lowest BCUT2D eigenvalue weighted by molar-refractivity contribution is -0.122. The summed E-state index contributed by atoms with van der Waals surface area (Å²) in [6.07, 6.45) is 0.992. The van der Waals surface area contributed by atoms with Crippen LogP contribution in [-0.4, -0.2) is 24.5 Å². The lowest BCUT2D eigenvalue weighted by Crippen LogP contribution is -2.41. The fourth-order valence-corrected chi connectivity index (χ4v) is 2.59. The smallest absolute Gasteiger partial charge is 0.247 e. The van der Waals surface area contributed by atoms with Crippen molar-refractivity contribution < 1.29 is 14.3 Å². The highest BCUT2D eigenvalue weighted by molar-refractivity contribution is 6.06. The van der Waals surface area contributed by atoms with Gasteiger partial charge >= 0.3 is 0 Å². The summed E-state index contributed by atoms with van der Waals surface area (Å²) in [6.45, 7) is 2.71. The molecule has 6 nitrogen and oxygen atoms in total. The van der Waals surface area contributed by atoms with E-state index in [-0.39, 0.29) is 18.2 Å². The van der Waals surface area contributed by atoms with Crippen molar-refractivity contribution in [2.45, 2.75) is 25.8 Å². The molecule has 0 aliphatic carbocycles. The van der Waals surface area contributed by atoms with Crippen LogP contribution in [0, 0.1) is 0 Å². The Labute approximate surface area is 146 Å². The summed E-state index contributed by atoms with van der Waals surface area (Å²) in [5.41, 5.74) is 2.22. The number of nitrogens with one attached hydrogen (secondary N) is 3. The van der Waals surface area contributed by atoms with Crippen molar-refractivity contribution >= 4 is 28.9 Å². The number of benzene rings is 2. The first-order valence-electron chi connectivity index (χ1n) is 8.35. The van der Waals surface area contributed by atoms with Crippen molar-refractivity contribution in [1.29, 1.82) is 0 Å². The molecule has 3 rings (SSSR count). The lowest BCUT2D eigenvalue weighted by Gasteiger charge is -2.26. The Hall–Kier alpha value is -3.02. The maximum absolute atomic E-state index is 12.2. The maximum Gasteiger partial charge on any atom is 0.247 e. The molecule has 0 saturated heterocycles. The molecule has 0 bridgehead atoms. The van der Waals surface area contributed by atoms with Crippen LogP contribution >= 0.6 is 0 Å². The van der Waals surface area contributed by atoms with Gasteiger partial charge in [0.05, 0.1) is 24.4 Å². The van der Waals surface area contributed by atoms with Gasteiger partial charge in [-0.3, -0.25) is 9.59 Å². The van der Waals surface area contributed by atoms with Gasteiger partial charge in [-0.05, 0) is 42.8 Å². The molecule has 1 atom stereocenters. The summed E-state index contributed by atoms with van der Waals surface area (Å²) < 4.78 is 5.51. The first-order valence-corrected chi connectivity index (χ1v) is 8.35. The van der Waals surface area contributed by atoms with Gasteiger partial charge in [0.15, 0.2) is 0 Å². The summed E-state index contributed by atoms with van der Waals surface area (Å²) in [6, 6.07) is 14.0. The molecular weight excluding hydrogens is 318 g/mol. The molecule has 1 aliphatic heterocycles. The van der Waals surface area contributed by atoms with Crippen molar-refractivity contribution in [3.05, 3.63) is 48.5 Å². The van der Waals surface area contributed by atoms with E-state index in [0.29, 0.717) is 12.3 Å². The van der Waals surface area contributed by atoms with Crippen molar-refractivity contribution in [2.75, 3.05) is 22.6 Å². The molecule has 3 N–H and O–H groups in total. The number of para-hydroxylation sites is 2. The standard InChI is InChI=1S/C19H21N3O3/c1-2-11-25-14-9-7-13(8-10-14)20-18(23)12-17-19(24)22-16-6-4-3-5-15(16)21-17/h3-10,17,21H,2,11-12H2,1H3,(H,20,23)(H,22,24)/t17-/m0/s1. The summed E-state index contributed by atoms with van der Waals surface area (Å²) in [5.74, 6) is 0.330. The second kappa shape index (κ2) is 7.70. The van der Waals surface area contributed by atoms with Gasteiger partial charge in [-0.15, -0.1) is 0 Å². The Morgan fingerprint density at radius 1 is 1.12 bits per heavy atom. The van der Waals surface area contributed by atoms with Gasteiger partial charge in [-0.25, -0.2) is 0 Å². The van der Waals surface area contributed by atoms with Crippen molar-refractivity contribution in [3.63, 3.8) is 0 Å². The Bertz CT molecular complexity index is 759. The number of anilines is 3. The highest BCUT2D eigenvalue weighted by atomic mass is 16.5. The molecule has 130 valence electrons. The molecule has 6 heteroatoms. The van der Waals surface area contributed by atoms with Crippen LogP contribution in [0.5, 0.6) is 5.75 Å². The van der Waals surface area contributed by atoms with Gasteiger partial charge < -0.3 is 20.7 Å². The zero-order valence-corrected chi connectivity index (χ0v) is 14.0. The Morgan fingerprint density at radius 3 is 2.56 bits per heavy atom. The minimum Gasteiger partial charge on any atom is -0.494 e. The molecule has 2 aromatic rings. The normalized spacial score (nSPS) is 15.6. The van der Waals surface area contributed by atoms with E-state index in [1.54, 1.807) is 12.1 Å². The van der Waals surface area contributed by atoms with Crippen LogP contribution < -0.4 is 20.7 Å². The zero-order valence-electron chi connectivity index (χ0n) is 14.0. The van der Waals surface area contributed by atoms with Crippen LogP contribution in [0.2, 0.25) is 0 Å². The number of hydrogen-bond donors (Lipinski definition) is 3. The molecule has 2 aromatic carbocycles. The number of carbonyl (C=O) groups excluding carboxylic acids is 2. The van der Waals surface area contributed by atoms with E-state index in [1.165, 1.54) is 0 Å². The highest BCUT2D eigenvalue weighted by Crippen LogP contribution is 2.26. The SMILES string of the molecule is CCCOc1ccc(NC(=O)C[C@@H]2Nc3ccccc3NC2=O)cc1. The monoisotopic (exact) mass is 339 g/mol. The highest BCUT2D eigenvalue weighted by Gasteiger charge is 2.27. The molecule has 0 fully saturated rings. The molecular formula is C19H21N3O3. The Kier molecular flexibility index (Phi) is 5.18. The third-order valence-corrected chi connectivity index (χ3v) is 3.83. The molecule has 0 spiro atoms. The average molecular weight is 339 g/mol. The molecule has 1 heterocycles. The van der Waals surface area contributed by atoms with Crippen molar-refractivity contribution in [1.82, 2.24) is 0 Å². The van der Waals surface area contributed by atoms with E-state index < -0.39 is 6.04 Å². The van der Waals surface area contributed by atoms with E-state index in [0.717, 1.165) is 23.5 Å². The van der Waals surface area contributed by atoms with Gasteiger partial charge in [0.2, 0.25) is 11.8 Å². The van der Waals surface area contributed by atoms with E-state index >= 15 is 0 Å². The minimum atomic E-state index is -0.595. The van der Waals surface area contributed by atoms with E-state index in [9.17, 15) is 9.59 Å². The lowest BCUT2D eigenvalue weighted by atomic mass is 10.1. The topological polar surface area (TPSA) is 79.5 Å². The van der Waals surface area contributed by atoms with Gasteiger partial charge in [0.25, 0.3) is 0 Å². The van der Waals surface area contributed by atoms with Crippen LogP contribution in [0.1, 0.15) is 19.8 Å². The third-order valence-electron chi connectivity index (χ3n) is 3.83. The number of carbonyl (C=O) groups is 2. The van der Waals surface area contributed by atoms with Crippen LogP contribution in [0.4, 0.5) is 17.1 Å². The molecule has 0 radical (unpaired) electrons. The van der Waals surface area contributed by atoms with Crippen LogP contribution in [0.15, 0.2) is 48.5 Å². The van der Waals surface area contributed by atoms with E-state index in [1.807, 2.05) is 43.3 Å². The maximum atomic E-state index is 12.2.